The fraction of sp³-hybridized carbons (Fsp3) is 0. The Balaban J connectivity index is 2.58. The Morgan fingerprint density at radius 1 is 1.05 bits per heavy atom. The number of phenolic OH excluding ortho intramolecular Hbond substituents is 1. The van der Waals surface area contributed by atoms with Crippen LogP contribution in [0.3, 0.4) is 0 Å². The molecule has 0 heterocycles. The third kappa shape index (κ3) is 1.54. The molecule has 0 aliphatic heterocycles. The van der Waals surface area contributed by atoms with Crippen LogP contribution in [0.5, 0.6) is 5.75 Å². The van der Waals surface area contributed by atoms with Crippen molar-refractivity contribution in [3.05, 3.63) is 57.6 Å². The van der Waals surface area contributed by atoms with E-state index < -0.39 is 4.92 Å². The number of phenols is 1. The fourth-order valence-electron chi connectivity index (χ4n) is 2.34. The van der Waals surface area contributed by atoms with Gasteiger partial charge in [-0.15, -0.1) is 0 Å². The van der Waals surface area contributed by atoms with E-state index in [-0.39, 0.29) is 17.1 Å². The van der Waals surface area contributed by atoms with Crippen LogP contribution >= 0.6 is 0 Å². The summed E-state index contributed by atoms with van der Waals surface area (Å²) in [7, 11) is 0. The summed E-state index contributed by atoms with van der Waals surface area (Å²) < 4.78 is 0. The maximum atomic E-state index is 10.8. The Hall–Kier alpha value is -3.20. The maximum absolute atomic E-state index is 10.8. The summed E-state index contributed by atoms with van der Waals surface area (Å²) >= 11 is 0. The highest BCUT2D eigenvalue weighted by Crippen LogP contribution is 2.43. The SMILES string of the molecule is N#[N+]c1c2ccccc2c(O)c2ccc([N+](=O)[O-])cc12. The van der Waals surface area contributed by atoms with Gasteiger partial charge in [-0.3, -0.25) is 10.1 Å². The summed E-state index contributed by atoms with van der Waals surface area (Å²) in [5.41, 5.74) is 0.0779. The Labute approximate surface area is 112 Å². The molecule has 1 N–H and O–H groups in total. The first kappa shape index (κ1) is 11.9. The number of hydrogen-bond donors (Lipinski definition) is 1. The van der Waals surface area contributed by atoms with Crippen molar-refractivity contribution >= 4 is 32.9 Å². The standard InChI is InChI=1S/C14H7N3O3/c15-16-13-9-3-1-2-4-10(9)14(18)11-6-5-8(17(19)20)7-12(11)13/h1-7H/p+1. The molecule has 0 saturated heterocycles. The van der Waals surface area contributed by atoms with Gasteiger partial charge in [-0.25, -0.2) is 0 Å². The molecule has 0 aliphatic rings. The average molecular weight is 266 g/mol. The first-order valence-corrected chi connectivity index (χ1v) is 5.80. The van der Waals surface area contributed by atoms with Gasteiger partial charge >= 0.3 is 5.69 Å². The Morgan fingerprint density at radius 2 is 1.70 bits per heavy atom. The van der Waals surface area contributed by atoms with Crippen LogP contribution in [-0.2, 0) is 0 Å². The summed E-state index contributed by atoms with van der Waals surface area (Å²) in [6, 6.07) is 10.9. The molecule has 0 spiro atoms. The second kappa shape index (κ2) is 4.17. The van der Waals surface area contributed by atoms with Crippen molar-refractivity contribution in [2.75, 3.05) is 0 Å². The van der Waals surface area contributed by atoms with Gasteiger partial charge in [-0.1, -0.05) is 18.2 Å². The highest BCUT2D eigenvalue weighted by molar-refractivity contribution is 6.16. The van der Waals surface area contributed by atoms with Crippen LogP contribution in [0.4, 0.5) is 11.4 Å². The molecular formula is C14H8N3O3+. The number of hydrogen-bond acceptors (Lipinski definition) is 4. The van der Waals surface area contributed by atoms with E-state index >= 15 is 0 Å². The molecule has 0 saturated carbocycles. The van der Waals surface area contributed by atoms with Crippen LogP contribution in [0.25, 0.3) is 26.5 Å². The van der Waals surface area contributed by atoms with Gasteiger partial charge in [0, 0.05) is 22.9 Å². The maximum Gasteiger partial charge on any atom is 0.401 e. The monoisotopic (exact) mass is 266 g/mol. The summed E-state index contributed by atoms with van der Waals surface area (Å²) in [6.07, 6.45) is 0. The van der Waals surface area contributed by atoms with Crippen LogP contribution in [0.15, 0.2) is 42.5 Å². The normalized spacial score (nSPS) is 10.6. The number of non-ortho nitro benzene ring substituents is 1. The highest BCUT2D eigenvalue weighted by atomic mass is 16.6. The average Bonchev–Trinajstić information content (AvgIpc) is 2.47. The Bertz CT molecular complexity index is 913. The third-order valence-electron chi connectivity index (χ3n) is 3.26. The van der Waals surface area contributed by atoms with Crippen LogP contribution in [0.1, 0.15) is 0 Å². The van der Waals surface area contributed by atoms with E-state index in [1.165, 1.54) is 18.2 Å². The lowest BCUT2D eigenvalue weighted by Crippen LogP contribution is -1.88. The minimum absolute atomic E-state index is 0.0119. The summed E-state index contributed by atoms with van der Waals surface area (Å²) in [4.78, 5) is 13.5. The topological polar surface area (TPSA) is 91.5 Å². The second-order valence-electron chi connectivity index (χ2n) is 4.33. The number of nitro benzene ring substituents is 1. The molecule has 0 aliphatic carbocycles. The molecule has 3 aromatic carbocycles. The van der Waals surface area contributed by atoms with E-state index in [0.717, 1.165) is 0 Å². The molecule has 3 rings (SSSR count). The van der Waals surface area contributed by atoms with Gasteiger partial charge in [0.1, 0.15) is 5.75 Å². The van der Waals surface area contributed by atoms with Gasteiger partial charge < -0.3 is 5.11 Å². The van der Waals surface area contributed by atoms with E-state index in [4.69, 9.17) is 0 Å². The van der Waals surface area contributed by atoms with E-state index in [1.54, 1.807) is 24.3 Å². The van der Waals surface area contributed by atoms with E-state index in [0.29, 0.717) is 21.5 Å². The number of fused-ring (bicyclic) bond motifs is 2. The smallest absolute Gasteiger partial charge is 0.401 e. The van der Waals surface area contributed by atoms with Gasteiger partial charge in [-0.05, 0) is 12.1 Å². The van der Waals surface area contributed by atoms with Gasteiger partial charge in [-0.2, -0.15) is 0 Å². The van der Waals surface area contributed by atoms with Crippen molar-refractivity contribution < 1.29 is 10.0 Å². The van der Waals surface area contributed by atoms with Crippen molar-refractivity contribution in [2.45, 2.75) is 0 Å². The van der Waals surface area contributed by atoms with E-state index in [9.17, 15) is 20.6 Å². The molecule has 20 heavy (non-hydrogen) atoms. The van der Waals surface area contributed by atoms with Crippen molar-refractivity contribution in [3.63, 3.8) is 0 Å². The van der Waals surface area contributed by atoms with Crippen LogP contribution in [-0.4, -0.2) is 10.0 Å². The lowest BCUT2D eigenvalue weighted by atomic mass is 9.99. The minimum Gasteiger partial charge on any atom is -0.507 e. The molecule has 0 bridgehead atoms. The van der Waals surface area contributed by atoms with Gasteiger partial charge in [0.2, 0.25) is 5.39 Å². The molecule has 96 valence electrons. The molecule has 0 aromatic heterocycles. The summed E-state index contributed by atoms with van der Waals surface area (Å²) in [5, 5.41) is 32.1. The molecule has 0 unspecified atom stereocenters. The minimum atomic E-state index is -0.535. The molecule has 0 radical (unpaired) electrons. The number of nitrogens with zero attached hydrogens (tertiary/aromatic N) is 3. The molecule has 3 aromatic rings. The molecular weight excluding hydrogens is 258 g/mol. The lowest BCUT2D eigenvalue weighted by Gasteiger charge is -2.04. The van der Waals surface area contributed by atoms with Crippen LogP contribution < -0.4 is 0 Å². The second-order valence-corrected chi connectivity index (χ2v) is 4.33. The van der Waals surface area contributed by atoms with Gasteiger partial charge in [0.15, 0.2) is 4.98 Å². The first-order valence-electron chi connectivity index (χ1n) is 5.80. The zero-order valence-electron chi connectivity index (χ0n) is 10.1. The predicted molar refractivity (Wildman–Crippen MR) is 74.5 cm³/mol. The van der Waals surface area contributed by atoms with E-state index in [1.807, 2.05) is 0 Å². The van der Waals surface area contributed by atoms with Crippen LogP contribution in [0, 0.1) is 15.5 Å². The number of nitro groups is 1. The first-order chi connectivity index (χ1) is 9.63. The summed E-state index contributed by atoms with van der Waals surface area (Å²) in [6.45, 7) is 0. The number of rotatable bonds is 1. The number of aromatic hydroxyl groups is 1. The van der Waals surface area contributed by atoms with Crippen LogP contribution in [0.2, 0.25) is 0 Å². The quantitative estimate of drug-likeness (QED) is 0.311. The molecule has 6 heteroatoms. The van der Waals surface area contributed by atoms with Crippen molar-refractivity contribution in [1.29, 1.82) is 5.39 Å². The zero-order chi connectivity index (χ0) is 14.3. The zero-order valence-corrected chi connectivity index (χ0v) is 10.1. The summed E-state index contributed by atoms with van der Waals surface area (Å²) in [5.74, 6) is 0.0119. The molecule has 6 nitrogen and oxygen atoms in total. The lowest BCUT2D eigenvalue weighted by molar-refractivity contribution is -0.384. The Morgan fingerprint density at radius 3 is 2.35 bits per heavy atom. The number of diazo groups is 1. The van der Waals surface area contributed by atoms with Crippen molar-refractivity contribution in [2.24, 2.45) is 0 Å². The molecule has 0 fully saturated rings. The third-order valence-corrected chi connectivity index (χ3v) is 3.26. The highest BCUT2D eigenvalue weighted by Gasteiger charge is 2.23. The van der Waals surface area contributed by atoms with Gasteiger partial charge in [0.25, 0.3) is 5.69 Å². The van der Waals surface area contributed by atoms with Crippen molar-refractivity contribution in [1.82, 2.24) is 0 Å². The van der Waals surface area contributed by atoms with Crippen molar-refractivity contribution in [3.8, 4) is 5.75 Å². The fourth-order valence-corrected chi connectivity index (χ4v) is 2.34. The Kier molecular flexibility index (Phi) is 2.48. The van der Waals surface area contributed by atoms with Gasteiger partial charge in [0.05, 0.1) is 15.7 Å². The largest absolute Gasteiger partial charge is 0.507 e. The molecule has 0 atom stereocenters. The molecule has 0 amide bonds. The predicted octanol–water partition coefficient (Wildman–Crippen LogP) is 4.09. The van der Waals surface area contributed by atoms with E-state index in [2.05, 4.69) is 4.98 Å². The number of benzene rings is 3.